The van der Waals surface area contributed by atoms with Crippen LogP contribution < -0.4 is 11.1 Å². The zero-order valence-corrected chi connectivity index (χ0v) is 13.9. The number of H-pyrrole nitrogens is 4. The van der Waals surface area contributed by atoms with Gasteiger partial charge in [-0.1, -0.05) is 30.7 Å². The van der Waals surface area contributed by atoms with Crippen LogP contribution in [0.15, 0.2) is 39.9 Å². The Bertz CT molecular complexity index is 870. The van der Waals surface area contributed by atoms with Gasteiger partial charge in [0.05, 0.1) is 0 Å². The summed E-state index contributed by atoms with van der Waals surface area (Å²) in [6.07, 6.45) is 0. The van der Waals surface area contributed by atoms with Gasteiger partial charge < -0.3 is 10.2 Å². The van der Waals surface area contributed by atoms with Crippen LogP contribution in [0.1, 0.15) is 35.4 Å². The van der Waals surface area contributed by atoms with E-state index in [1.165, 1.54) is 6.07 Å². The first-order valence-electron chi connectivity index (χ1n) is 7.15. The first-order valence-corrected chi connectivity index (χ1v) is 7.53. The number of aryl methyl sites for hydroxylation is 2. The van der Waals surface area contributed by atoms with E-state index < -0.39 is 0 Å². The Hall–Kier alpha value is -2.47. The molecule has 4 N–H and O–H groups in total. The number of halogens is 1. The molecule has 0 saturated heterocycles. The Balaban J connectivity index is 0.000000229. The van der Waals surface area contributed by atoms with Crippen molar-refractivity contribution >= 4 is 11.6 Å². The molecule has 2 heterocycles. The first kappa shape index (κ1) is 16.9. The van der Waals surface area contributed by atoms with Crippen LogP contribution in [0, 0.1) is 13.8 Å². The van der Waals surface area contributed by atoms with Crippen LogP contribution in [0.4, 0.5) is 0 Å². The molecule has 0 spiro atoms. The van der Waals surface area contributed by atoms with Crippen LogP contribution in [-0.4, -0.2) is 20.4 Å². The largest absolute Gasteiger partial charge is 0.303 e. The van der Waals surface area contributed by atoms with Gasteiger partial charge in [-0.05, 0) is 31.5 Å². The Labute approximate surface area is 137 Å². The molecule has 0 bridgehead atoms. The lowest BCUT2D eigenvalue weighted by Gasteiger charge is -2.10. The highest BCUT2D eigenvalue weighted by Crippen LogP contribution is 2.24. The van der Waals surface area contributed by atoms with Gasteiger partial charge in [0.15, 0.2) is 0 Å². The van der Waals surface area contributed by atoms with Crippen LogP contribution in [0.5, 0.6) is 0 Å². The number of hydrogen-bond acceptors (Lipinski definition) is 2. The van der Waals surface area contributed by atoms with Crippen molar-refractivity contribution in [2.75, 3.05) is 0 Å². The summed E-state index contributed by atoms with van der Waals surface area (Å²) < 4.78 is 0. The summed E-state index contributed by atoms with van der Waals surface area (Å²) in [6, 6.07) is 9.06. The van der Waals surface area contributed by atoms with Gasteiger partial charge in [-0.15, -0.1) is 0 Å². The van der Waals surface area contributed by atoms with Crippen molar-refractivity contribution in [3.8, 4) is 0 Å². The van der Waals surface area contributed by atoms with E-state index in [0.717, 1.165) is 22.5 Å². The SMILES string of the molecule is Cc1[nH][nH]c(=O)c1[C@H](C)c1ccc(Cl)cc1.Cc1cc(=O)[nH][nH]1. The molecule has 0 fully saturated rings. The monoisotopic (exact) mass is 334 g/mol. The fourth-order valence-electron chi connectivity index (χ4n) is 2.32. The quantitative estimate of drug-likeness (QED) is 0.579. The van der Waals surface area contributed by atoms with E-state index in [9.17, 15) is 9.59 Å². The second-order valence-electron chi connectivity index (χ2n) is 5.33. The lowest BCUT2D eigenvalue weighted by Crippen LogP contribution is -2.10. The third-order valence-corrected chi connectivity index (χ3v) is 3.80. The van der Waals surface area contributed by atoms with Crippen molar-refractivity contribution in [3.05, 3.63) is 78.6 Å². The lowest BCUT2D eigenvalue weighted by atomic mass is 9.94. The topological polar surface area (TPSA) is 97.3 Å². The number of aromatic nitrogens is 4. The summed E-state index contributed by atoms with van der Waals surface area (Å²) in [5, 5.41) is 11.2. The molecule has 0 radical (unpaired) electrons. The fraction of sp³-hybridized carbons (Fsp3) is 0.250. The third kappa shape index (κ3) is 4.26. The third-order valence-electron chi connectivity index (χ3n) is 3.55. The minimum Gasteiger partial charge on any atom is -0.303 e. The van der Waals surface area contributed by atoms with Gasteiger partial charge in [0.2, 0.25) is 0 Å². The maximum atomic E-state index is 11.6. The molecule has 2 aromatic heterocycles. The maximum absolute atomic E-state index is 11.6. The predicted molar refractivity (Wildman–Crippen MR) is 91.3 cm³/mol. The van der Waals surface area contributed by atoms with E-state index in [4.69, 9.17) is 11.6 Å². The van der Waals surface area contributed by atoms with Gasteiger partial charge in [-0.2, -0.15) is 0 Å². The lowest BCUT2D eigenvalue weighted by molar-refractivity contribution is 0.901. The first-order chi connectivity index (χ1) is 10.9. The minimum absolute atomic E-state index is 0.0556. The molecule has 0 aliphatic rings. The van der Waals surface area contributed by atoms with E-state index in [1.807, 2.05) is 45.0 Å². The molecular weight excluding hydrogens is 316 g/mol. The predicted octanol–water partition coefficient (Wildman–Crippen LogP) is 2.83. The van der Waals surface area contributed by atoms with Crippen LogP contribution in [0.25, 0.3) is 0 Å². The van der Waals surface area contributed by atoms with Gasteiger partial charge in [0, 0.05) is 34.0 Å². The Morgan fingerprint density at radius 1 is 0.957 bits per heavy atom. The van der Waals surface area contributed by atoms with Crippen molar-refractivity contribution in [2.24, 2.45) is 0 Å². The second kappa shape index (κ2) is 7.19. The molecule has 7 heteroatoms. The number of aromatic amines is 4. The molecule has 0 unspecified atom stereocenters. The molecule has 1 aromatic carbocycles. The molecule has 0 aliphatic carbocycles. The summed E-state index contributed by atoms with van der Waals surface area (Å²) in [6.45, 7) is 5.71. The van der Waals surface area contributed by atoms with Crippen LogP contribution in [0.3, 0.4) is 0 Å². The fourth-order valence-corrected chi connectivity index (χ4v) is 2.45. The van der Waals surface area contributed by atoms with E-state index in [1.54, 1.807) is 0 Å². The van der Waals surface area contributed by atoms with Crippen molar-refractivity contribution in [1.29, 1.82) is 0 Å². The second-order valence-corrected chi connectivity index (χ2v) is 5.77. The number of nitrogens with one attached hydrogen (secondary N) is 4. The molecular formula is C16H19ClN4O2. The van der Waals surface area contributed by atoms with E-state index in [0.29, 0.717) is 5.02 Å². The Kier molecular flexibility index (Phi) is 5.28. The molecule has 3 aromatic rings. The molecule has 122 valence electrons. The summed E-state index contributed by atoms with van der Waals surface area (Å²) in [4.78, 5) is 21.8. The highest BCUT2D eigenvalue weighted by atomic mass is 35.5. The van der Waals surface area contributed by atoms with E-state index in [-0.39, 0.29) is 17.0 Å². The van der Waals surface area contributed by atoms with Crippen molar-refractivity contribution in [1.82, 2.24) is 20.4 Å². The summed E-state index contributed by atoms with van der Waals surface area (Å²) in [5.41, 5.74) is 3.48. The standard InChI is InChI=1S/C12H13ClN2O.C4H6N2O/c1-7(9-3-5-10(13)6-4-9)11-8(2)14-15-12(11)16;1-3-2-4(7)6-5-3/h3-7H,1-2H3,(H2,14,15,16);2H,1H3,(H2,5,6,7)/t7-;/m1./s1. The van der Waals surface area contributed by atoms with Crippen LogP contribution in [0.2, 0.25) is 5.02 Å². The summed E-state index contributed by atoms with van der Waals surface area (Å²) in [5.74, 6) is 0.0623. The smallest absolute Gasteiger partial charge is 0.267 e. The molecule has 0 aliphatic heterocycles. The van der Waals surface area contributed by atoms with E-state index in [2.05, 4.69) is 20.4 Å². The van der Waals surface area contributed by atoms with Gasteiger partial charge >= 0.3 is 0 Å². The van der Waals surface area contributed by atoms with Crippen molar-refractivity contribution < 1.29 is 0 Å². The Morgan fingerprint density at radius 3 is 2.00 bits per heavy atom. The summed E-state index contributed by atoms with van der Waals surface area (Å²) in [7, 11) is 0. The zero-order chi connectivity index (χ0) is 17.0. The van der Waals surface area contributed by atoms with Crippen molar-refractivity contribution in [3.63, 3.8) is 0 Å². The Morgan fingerprint density at radius 2 is 1.61 bits per heavy atom. The summed E-state index contributed by atoms with van der Waals surface area (Å²) >= 11 is 5.83. The molecule has 23 heavy (non-hydrogen) atoms. The average Bonchev–Trinajstić information content (AvgIpc) is 3.05. The highest BCUT2D eigenvalue weighted by molar-refractivity contribution is 6.30. The average molecular weight is 335 g/mol. The minimum atomic E-state index is -0.0718. The van der Waals surface area contributed by atoms with Crippen LogP contribution >= 0.6 is 11.6 Å². The molecule has 0 saturated carbocycles. The van der Waals surface area contributed by atoms with Gasteiger partial charge in [-0.25, -0.2) is 0 Å². The molecule has 6 nitrogen and oxygen atoms in total. The molecule has 1 atom stereocenters. The zero-order valence-electron chi connectivity index (χ0n) is 13.2. The van der Waals surface area contributed by atoms with Gasteiger partial charge in [0.25, 0.3) is 11.1 Å². The number of hydrogen-bond donors (Lipinski definition) is 4. The number of rotatable bonds is 2. The van der Waals surface area contributed by atoms with Gasteiger partial charge in [-0.3, -0.25) is 19.8 Å². The highest BCUT2D eigenvalue weighted by Gasteiger charge is 2.15. The van der Waals surface area contributed by atoms with Gasteiger partial charge in [0.1, 0.15) is 0 Å². The molecule has 0 amide bonds. The van der Waals surface area contributed by atoms with Crippen LogP contribution in [-0.2, 0) is 0 Å². The molecule has 3 rings (SSSR count). The number of benzene rings is 1. The maximum Gasteiger partial charge on any atom is 0.267 e. The normalized spacial score (nSPS) is 11.7. The van der Waals surface area contributed by atoms with E-state index >= 15 is 0 Å². The van der Waals surface area contributed by atoms with Crippen molar-refractivity contribution in [2.45, 2.75) is 26.7 Å².